The van der Waals surface area contributed by atoms with Gasteiger partial charge in [0.25, 0.3) is 0 Å². The third-order valence-corrected chi connectivity index (χ3v) is 7.34. The highest BCUT2D eigenvalue weighted by Crippen LogP contribution is 2.28. The second-order valence-electron chi connectivity index (χ2n) is 10.4. The molecule has 0 aliphatic carbocycles. The Morgan fingerprint density at radius 1 is 1.02 bits per heavy atom. The Kier molecular flexibility index (Phi) is 10.7. The number of carbonyl (C=O) groups excluding carboxylic acids is 4. The Labute approximate surface area is 249 Å². The molecule has 5 amide bonds. The molecule has 2 aliphatic rings. The van der Waals surface area contributed by atoms with E-state index in [2.05, 4.69) is 17.2 Å². The molecule has 2 saturated heterocycles. The minimum Gasteiger partial charge on any atom is -0.445 e. The van der Waals surface area contributed by atoms with Crippen LogP contribution in [0.3, 0.4) is 0 Å². The normalized spacial score (nSPS) is 18.7. The summed E-state index contributed by atoms with van der Waals surface area (Å²) in [6.07, 6.45) is 1.10. The number of urea groups is 1. The first-order valence-electron chi connectivity index (χ1n) is 14.1. The molecular formula is C30H36F2N6O5. The summed E-state index contributed by atoms with van der Waals surface area (Å²) >= 11 is 0. The Morgan fingerprint density at radius 3 is 2.33 bits per heavy atom. The fourth-order valence-electron chi connectivity index (χ4n) is 5.23. The van der Waals surface area contributed by atoms with Crippen LogP contribution in [0.4, 0.5) is 18.4 Å². The van der Waals surface area contributed by atoms with E-state index in [9.17, 15) is 28.0 Å². The van der Waals surface area contributed by atoms with Crippen molar-refractivity contribution < 1.29 is 32.7 Å². The van der Waals surface area contributed by atoms with Crippen LogP contribution in [0.15, 0.2) is 61.2 Å². The summed E-state index contributed by atoms with van der Waals surface area (Å²) in [5.74, 6) is -1.31. The van der Waals surface area contributed by atoms with Gasteiger partial charge >= 0.3 is 12.1 Å². The van der Waals surface area contributed by atoms with Crippen LogP contribution in [0.2, 0.25) is 0 Å². The summed E-state index contributed by atoms with van der Waals surface area (Å²) < 4.78 is 31.7. The molecule has 0 bridgehead atoms. The molecule has 2 aromatic carbocycles. The van der Waals surface area contributed by atoms with Gasteiger partial charge in [0.15, 0.2) is 0 Å². The number of fused-ring (bicyclic) bond motifs is 1. The number of amides is 5. The van der Waals surface area contributed by atoms with Crippen molar-refractivity contribution in [3.05, 3.63) is 83.9 Å². The quantitative estimate of drug-likeness (QED) is 0.304. The summed E-state index contributed by atoms with van der Waals surface area (Å²) in [7, 11) is 1.62. The predicted molar refractivity (Wildman–Crippen MR) is 153 cm³/mol. The minimum absolute atomic E-state index is 0.0620. The SMILES string of the molecule is C=CCOC(=O)NCCC[C@H]1C(=O)N(CCc2ccc(F)cc2)C[C@H]2N1C(=O)CN(C)N2C(=O)NCc1ccc(F)cc1. The highest BCUT2D eigenvalue weighted by atomic mass is 19.1. The van der Waals surface area contributed by atoms with Crippen molar-refractivity contribution >= 4 is 23.9 Å². The predicted octanol–water partition coefficient (Wildman–Crippen LogP) is 2.64. The van der Waals surface area contributed by atoms with E-state index in [4.69, 9.17) is 4.74 Å². The van der Waals surface area contributed by atoms with Crippen LogP contribution in [0.1, 0.15) is 24.0 Å². The van der Waals surface area contributed by atoms with E-state index < -0.39 is 24.3 Å². The fourth-order valence-corrected chi connectivity index (χ4v) is 5.23. The van der Waals surface area contributed by atoms with Gasteiger partial charge in [-0.3, -0.25) is 9.59 Å². The van der Waals surface area contributed by atoms with E-state index in [1.807, 2.05) is 0 Å². The van der Waals surface area contributed by atoms with Gasteiger partial charge in [-0.1, -0.05) is 36.9 Å². The summed E-state index contributed by atoms with van der Waals surface area (Å²) in [6.45, 7) is 4.14. The Morgan fingerprint density at radius 2 is 1.67 bits per heavy atom. The lowest BCUT2D eigenvalue weighted by atomic mass is 10.0. The van der Waals surface area contributed by atoms with E-state index in [-0.39, 0.29) is 62.7 Å². The maximum Gasteiger partial charge on any atom is 0.407 e. The molecule has 11 nitrogen and oxygen atoms in total. The van der Waals surface area contributed by atoms with Crippen molar-refractivity contribution in [2.24, 2.45) is 0 Å². The smallest absolute Gasteiger partial charge is 0.407 e. The largest absolute Gasteiger partial charge is 0.445 e. The lowest BCUT2D eigenvalue weighted by Gasteiger charge is -2.54. The number of piperazine rings is 1. The molecule has 4 rings (SSSR count). The Balaban J connectivity index is 1.51. The molecule has 2 fully saturated rings. The number of benzene rings is 2. The number of likely N-dealkylation sites (N-methyl/N-ethyl adjacent to an activating group) is 1. The molecule has 2 N–H and O–H groups in total. The molecule has 2 aromatic rings. The summed E-state index contributed by atoms with van der Waals surface area (Å²) in [4.78, 5) is 55.5. The topological polar surface area (TPSA) is 115 Å². The number of nitrogens with one attached hydrogen (secondary N) is 2. The molecule has 43 heavy (non-hydrogen) atoms. The first-order valence-corrected chi connectivity index (χ1v) is 14.1. The molecule has 2 aliphatic heterocycles. The monoisotopic (exact) mass is 598 g/mol. The third-order valence-electron chi connectivity index (χ3n) is 7.34. The minimum atomic E-state index is -0.869. The van der Waals surface area contributed by atoms with Gasteiger partial charge in [-0.05, 0) is 54.7 Å². The van der Waals surface area contributed by atoms with Crippen molar-refractivity contribution in [1.29, 1.82) is 0 Å². The highest BCUT2D eigenvalue weighted by molar-refractivity contribution is 5.91. The lowest BCUT2D eigenvalue weighted by Crippen LogP contribution is -2.76. The molecule has 0 radical (unpaired) electrons. The van der Waals surface area contributed by atoms with Crippen molar-refractivity contribution in [3.8, 4) is 0 Å². The Bertz CT molecular complexity index is 1310. The number of alkyl carbamates (subject to hydrolysis) is 1. The molecule has 2 heterocycles. The molecule has 0 aromatic heterocycles. The highest BCUT2D eigenvalue weighted by Gasteiger charge is 2.50. The van der Waals surface area contributed by atoms with Crippen LogP contribution in [-0.4, -0.2) is 95.8 Å². The van der Waals surface area contributed by atoms with Crippen LogP contribution < -0.4 is 10.6 Å². The number of halogens is 2. The molecule has 230 valence electrons. The average Bonchev–Trinajstić information content (AvgIpc) is 2.98. The number of hydrogen-bond donors (Lipinski definition) is 2. The van der Waals surface area contributed by atoms with Gasteiger partial charge in [-0.2, -0.15) is 0 Å². The zero-order valence-corrected chi connectivity index (χ0v) is 24.0. The van der Waals surface area contributed by atoms with E-state index in [0.717, 1.165) is 5.56 Å². The van der Waals surface area contributed by atoms with E-state index in [1.54, 1.807) is 36.2 Å². The zero-order chi connectivity index (χ0) is 30.9. The van der Waals surface area contributed by atoms with E-state index in [1.165, 1.54) is 45.3 Å². The van der Waals surface area contributed by atoms with Crippen molar-refractivity contribution in [1.82, 2.24) is 30.5 Å². The molecular weight excluding hydrogens is 562 g/mol. The zero-order valence-electron chi connectivity index (χ0n) is 24.0. The standard InChI is InChI=1S/C30H36F2N6O5/c1-3-17-43-30(42)33-15-4-5-25-28(40)36(16-14-21-6-10-23(31)11-7-21)19-26-37(25)27(39)20-35(2)38(26)29(41)34-18-22-8-12-24(32)13-9-22/h3,6-13,25-26H,1,4-5,14-20H2,2H3,(H,33,42)(H,34,41)/t25-,26-/m0/s1. The first-order chi connectivity index (χ1) is 20.7. The number of hydrazine groups is 1. The lowest BCUT2D eigenvalue weighted by molar-refractivity contribution is -0.187. The molecule has 2 atom stereocenters. The Hall–Kier alpha value is -4.52. The number of nitrogens with zero attached hydrogens (tertiary/aromatic N) is 4. The second kappa shape index (κ2) is 14.6. The maximum absolute atomic E-state index is 13.8. The van der Waals surface area contributed by atoms with Gasteiger partial charge in [0.2, 0.25) is 11.8 Å². The van der Waals surface area contributed by atoms with Gasteiger partial charge in [-0.15, -0.1) is 0 Å². The third kappa shape index (κ3) is 8.07. The van der Waals surface area contributed by atoms with Gasteiger partial charge in [-0.25, -0.2) is 28.4 Å². The fraction of sp³-hybridized carbons (Fsp3) is 0.400. The molecule has 0 unspecified atom stereocenters. The van der Waals surface area contributed by atoms with Crippen molar-refractivity contribution in [2.45, 2.75) is 38.0 Å². The maximum atomic E-state index is 13.8. The van der Waals surface area contributed by atoms with Crippen molar-refractivity contribution in [3.63, 3.8) is 0 Å². The van der Waals surface area contributed by atoms with Crippen molar-refractivity contribution in [2.75, 3.05) is 39.8 Å². The van der Waals surface area contributed by atoms with Gasteiger partial charge in [0.05, 0.1) is 13.1 Å². The second-order valence-corrected chi connectivity index (χ2v) is 10.4. The molecule has 0 saturated carbocycles. The van der Waals surface area contributed by atoms with Gasteiger partial charge < -0.3 is 25.2 Å². The number of carbonyl (C=O) groups is 4. The summed E-state index contributed by atoms with van der Waals surface area (Å²) in [6, 6.07) is 10.4. The number of rotatable bonds is 11. The van der Waals surface area contributed by atoms with Crippen LogP contribution in [-0.2, 0) is 27.3 Å². The van der Waals surface area contributed by atoms with Crippen LogP contribution in [0.25, 0.3) is 0 Å². The number of hydrogen-bond acceptors (Lipinski definition) is 6. The van der Waals surface area contributed by atoms with Gasteiger partial charge in [0, 0.05) is 26.7 Å². The molecule has 13 heteroatoms. The van der Waals surface area contributed by atoms with Gasteiger partial charge in [0.1, 0.15) is 30.4 Å². The first kappa shape index (κ1) is 31.4. The van der Waals surface area contributed by atoms with Crippen LogP contribution in [0, 0.1) is 11.6 Å². The summed E-state index contributed by atoms with van der Waals surface area (Å²) in [5.41, 5.74) is 1.53. The molecule has 0 spiro atoms. The number of ether oxygens (including phenoxy) is 1. The van der Waals surface area contributed by atoms with Crippen LogP contribution >= 0.6 is 0 Å². The average molecular weight is 599 g/mol. The van der Waals surface area contributed by atoms with Crippen LogP contribution in [0.5, 0.6) is 0 Å². The summed E-state index contributed by atoms with van der Waals surface area (Å²) in [5, 5.41) is 8.39. The van der Waals surface area contributed by atoms with E-state index in [0.29, 0.717) is 24.9 Å². The van der Waals surface area contributed by atoms with E-state index >= 15 is 0 Å².